The van der Waals surface area contributed by atoms with Crippen LogP contribution < -0.4 is 10.6 Å². The van der Waals surface area contributed by atoms with Crippen molar-refractivity contribution >= 4 is 55.6 Å². The van der Waals surface area contributed by atoms with Crippen LogP contribution in [0.4, 0.5) is 15.3 Å². The number of likely N-dealkylation sites (tertiary alicyclic amines) is 1. The molecule has 4 amide bonds. The highest BCUT2D eigenvalue weighted by Gasteiger charge is 2.36. The molecule has 4 aliphatic heterocycles. The maximum absolute atomic E-state index is 13.9. The summed E-state index contributed by atoms with van der Waals surface area (Å²) >= 11 is 6.76. The van der Waals surface area contributed by atoms with Gasteiger partial charge in [0.25, 0.3) is 5.91 Å². The molecular weight excluding hydrogens is 720 g/mol. The van der Waals surface area contributed by atoms with Crippen LogP contribution in [0.15, 0.2) is 45.3 Å². The monoisotopic (exact) mass is 760 g/mol. The highest BCUT2D eigenvalue weighted by Crippen LogP contribution is 2.34. The maximum Gasteiger partial charge on any atom is 0.410 e. The molecule has 0 bridgehead atoms. The second-order valence-corrected chi connectivity index (χ2v) is 14.3. The number of hydrogen-bond donors (Lipinski definition) is 3. The summed E-state index contributed by atoms with van der Waals surface area (Å²) in [6, 6.07) is 11.8. The van der Waals surface area contributed by atoms with Gasteiger partial charge in [-0.1, -0.05) is 18.2 Å². The van der Waals surface area contributed by atoms with Gasteiger partial charge in [-0.2, -0.15) is 0 Å². The molecule has 6 rings (SSSR count). The molecule has 13 heteroatoms. The van der Waals surface area contributed by atoms with Crippen molar-refractivity contribution in [1.29, 1.82) is 0 Å². The average Bonchev–Trinajstić information content (AvgIpc) is 3.25. The first-order valence-electron chi connectivity index (χ1n) is 16.3. The van der Waals surface area contributed by atoms with E-state index in [-0.39, 0.29) is 30.2 Å². The molecule has 0 unspecified atom stereocenters. The normalized spacial score (nSPS) is 20.9. The third-order valence-electron chi connectivity index (χ3n) is 9.77. The number of ether oxygens (including phenoxy) is 1. The molecule has 3 saturated heterocycles. The Balaban J connectivity index is 1.09. The third kappa shape index (κ3) is 7.64. The Morgan fingerprint density at radius 2 is 1.57 bits per heavy atom. The lowest BCUT2D eigenvalue weighted by atomic mass is 10.0. The minimum absolute atomic E-state index is 0.0127. The number of fused-ring (bicyclic) bond motifs is 1. The first-order chi connectivity index (χ1) is 22.3. The zero-order valence-corrected chi connectivity index (χ0v) is 29.1. The number of phenols is 1. The SMILES string of the molecule is O=C(O[C@H](Cc1cc(Br)c(O)c(Br)c1)C(=O)N1CCN(C2CCNCC2)CC1)N1CCC(N2CCc3ccccc3NC2=O)CC1. The van der Waals surface area contributed by atoms with E-state index in [0.717, 1.165) is 62.3 Å². The number of nitrogens with one attached hydrogen (secondary N) is 2. The first-order valence-corrected chi connectivity index (χ1v) is 17.9. The number of hydrogen-bond acceptors (Lipinski definition) is 7. The van der Waals surface area contributed by atoms with Crippen molar-refractivity contribution in [3.8, 4) is 5.75 Å². The van der Waals surface area contributed by atoms with Crippen molar-refractivity contribution in [2.75, 3.05) is 64.2 Å². The van der Waals surface area contributed by atoms with Gasteiger partial charge < -0.3 is 35.2 Å². The van der Waals surface area contributed by atoms with Crippen LogP contribution in [0.2, 0.25) is 0 Å². The summed E-state index contributed by atoms with van der Waals surface area (Å²) in [5.41, 5.74) is 2.73. The largest absolute Gasteiger partial charge is 0.506 e. The molecular formula is C33H42Br2N6O5. The maximum atomic E-state index is 13.9. The Morgan fingerprint density at radius 3 is 2.26 bits per heavy atom. The Hall–Kier alpha value is -2.87. The fraction of sp³-hybridized carbons (Fsp3) is 0.545. The molecule has 0 aliphatic carbocycles. The van der Waals surface area contributed by atoms with Gasteiger partial charge in [-0.05, 0) is 106 Å². The van der Waals surface area contributed by atoms with Crippen molar-refractivity contribution in [3.63, 3.8) is 0 Å². The van der Waals surface area contributed by atoms with E-state index in [1.54, 1.807) is 17.0 Å². The van der Waals surface area contributed by atoms with Crippen molar-refractivity contribution in [2.45, 2.75) is 56.7 Å². The number of piperidine rings is 2. The summed E-state index contributed by atoms with van der Waals surface area (Å²) in [6.07, 6.45) is 2.93. The molecule has 2 aromatic rings. The van der Waals surface area contributed by atoms with Gasteiger partial charge in [0.1, 0.15) is 5.75 Å². The molecule has 3 N–H and O–H groups in total. The number of aromatic hydroxyl groups is 1. The third-order valence-corrected chi connectivity index (χ3v) is 11.0. The van der Waals surface area contributed by atoms with Crippen molar-refractivity contribution in [1.82, 2.24) is 24.9 Å². The van der Waals surface area contributed by atoms with Gasteiger partial charge in [-0.3, -0.25) is 9.69 Å². The Kier molecular flexibility index (Phi) is 10.7. The van der Waals surface area contributed by atoms with Gasteiger partial charge in [0.05, 0.1) is 8.95 Å². The number of halogens is 2. The van der Waals surface area contributed by atoms with Crippen molar-refractivity contribution < 1.29 is 24.2 Å². The van der Waals surface area contributed by atoms with E-state index in [0.29, 0.717) is 60.6 Å². The molecule has 11 nitrogen and oxygen atoms in total. The Morgan fingerprint density at radius 1 is 0.891 bits per heavy atom. The minimum atomic E-state index is -1.01. The second kappa shape index (κ2) is 14.9. The number of piperazine rings is 1. The van der Waals surface area contributed by atoms with Gasteiger partial charge in [-0.15, -0.1) is 0 Å². The van der Waals surface area contributed by atoms with Crippen LogP contribution in [0.1, 0.15) is 36.8 Å². The van der Waals surface area contributed by atoms with Gasteiger partial charge >= 0.3 is 12.1 Å². The molecule has 4 heterocycles. The summed E-state index contributed by atoms with van der Waals surface area (Å²) in [5.74, 6) is -0.128. The Labute approximate surface area is 286 Å². The van der Waals surface area contributed by atoms with Crippen LogP contribution in [-0.2, 0) is 22.4 Å². The molecule has 0 saturated carbocycles. The lowest BCUT2D eigenvalue weighted by Gasteiger charge is -2.41. The zero-order valence-electron chi connectivity index (χ0n) is 25.9. The number of phenolic OH excluding ortho intramolecular Hbond substituents is 1. The fourth-order valence-electron chi connectivity index (χ4n) is 7.11. The smallest absolute Gasteiger partial charge is 0.410 e. The number of anilines is 1. The van der Waals surface area contributed by atoms with E-state index in [4.69, 9.17) is 4.74 Å². The average molecular weight is 763 g/mol. The van der Waals surface area contributed by atoms with E-state index < -0.39 is 12.2 Å². The molecule has 1 atom stereocenters. The van der Waals surface area contributed by atoms with Gasteiger partial charge in [-0.25, -0.2) is 9.59 Å². The van der Waals surface area contributed by atoms with E-state index in [2.05, 4.69) is 47.4 Å². The summed E-state index contributed by atoms with van der Waals surface area (Å²) in [4.78, 5) is 48.4. The van der Waals surface area contributed by atoms with Crippen LogP contribution in [0.5, 0.6) is 5.75 Å². The predicted molar refractivity (Wildman–Crippen MR) is 182 cm³/mol. The lowest BCUT2D eigenvalue weighted by molar-refractivity contribution is -0.143. The van der Waals surface area contributed by atoms with Gasteiger partial charge in [0.15, 0.2) is 6.10 Å². The van der Waals surface area contributed by atoms with Crippen LogP contribution in [0.3, 0.4) is 0 Å². The lowest BCUT2D eigenvalue weighted by Crippen LogP contribution is -2.56. The molecule has 3 fully saturated rings. The van der Waals surface area contributed by atoms with Crippen molar-refractivity contribution in [3.05, 3.63) is 56.5 Å². The number of amides is 4. The standard InChI is InChI=1S/C33H42Br2N6O5/c34-26-19-22(20-27(35)30(26)42)21-29(31(43)39-17-15-38(16-18-39)24-5-10-36-11-6-24)46-33(45)40-12-8-25(9-13-40)41-14-7-23-3-1-2-4-28(23)37-32(41)44/h1-4,19-20,24-25,29,36,42H,5-18,21H2,(H,37,44)/t29-/m1/s1. The second-order valence-electron chi connectivity index (χ2n) is 12.6. The number of rotatable bonds is 6. The highest BCUT2D eigenvalue weighted by atomic mass is 79.9. The van der Waals surface area contributed by atoms with Crippen LogP contribution in [0.25, 0.3) is 0 Å². The van der Waals surface area contributed by atoms with E-state index in [1.807, 2.05) is 34.1 Å². The Bertz CT molecular complexity index is 1400. The molecule has 2 aromatic carbocycles. The van der Waals surface area contributed by atoms with Crippen molar-refractivity contribution in [2.24, 2.45) is 0 Å². The molecule has 0 aromatic heterocycles. The van der Waals surface area contributed by atoms with Gasteiger partial charge in [0, 0.05) is 70.0 Å². The number of benzene rings is 2. The molecule has 248 valence electrons. The number of nitrogens with zero attached hydrogens (tertiary/aromatic N) is 4. The van der Waals surface area contributed by atoms with Crippen LogP contribution >= 0.6 is 31.9 Å². The number of carbonyl (C=O) groups excluding carboxylic acids is 3. The van der Waals surface area contributed by atoms with Gasteiger partial charge in [0.2, 0.25) is 0 Å². The summed E-state index contributed by atoms with van der Waals surface area (Å²) < 4.78 is 7.00. The minimum Gasteiger partial charge on any atom is -0.506 e. The molecule has 4 aliphatic rings. The van der Waals surface area contributed by atoms with Crippen LogP contribution in [0, 0.1) is 0 Å². The fourth-order valence-corrected chi connectivity index (χ4v) is 8.39. The summed E-state index contributed by atoms with van der Waals surface area (Å²) in [6.45, 7) is 6.33. The molecule has 46 heavy (non-hydrogen) atoms. The number of para-hydroxylation sites is 1. The number of carbonyl (C=O) groups is 3. The predicted octanol–water partition coefficient (Wildman–Crippen LogP) is 4.42. The highest BCUT2D eigenvalue weighted by molar-refractivity contribution is 9.11. The number of urea groups is 1. The summed E-state index contributed by atoms with van der Waals surface area (Å²) in [7, 11) is 0. The molecule has 0 spiro atoms. The zero-order chi connectivity index (χ0) is 32.2. The topological polar surface area (TPSA) is 118 Å². The van der Waals surface area contributed by atoms with E-state index in [1.165, 1.54) is 0 Å². The summed E-state index contributed by atoms with van der Waals surface area (Å²) in [5, 5.41) is 16.7. The van der Waals surface area contributed by atoms with E-state index in [9.17, 15) is 19.5 Å². The quantitative estimate of drug-likeness (QED) is 0.400. The van der Waals surface area contributed by atoms with E-state index >= 15 is 0 Å². The first kappa shape index (κ1) is 33.0. The van der Waals surface area contributed by atoms with Crippen LogP contribution in [-0.4, -0.2) is 120 Å². The molecule has 0 radical (unpaired) electrons.